The number of amides is 1. The van der Waals surface area contributed by atoms with Gasteiger partial charge in [-0.15, -0.1) is 0 Å². The molecule has 1 amide bonds. The minimum absolute atomic E-state index is 0.00510. The van der Waals surface area contributed by atoms with Crippen molar-refractivity contribution in [2.45, 2.75) is 76.0 Å². The van der Waals surface area contributed by atoms with E-state index < -0.39 is 72.0 Å². The van der Waals surface area contributed by atoms with Crippen molar-refractivity contribution in [1.82, 2.24) is 10.6 Å². The van der Waals surface area contributed by atoms with E-state index in [2.05, 4.69) is 15.7 Å². The Morgan fingerprint density at radius 2 is 1.85 bits per heavy atom. The Morgan fingerprint density at radius 1 is 1.21 bits per heavy atom. The van der Waals surface area contributed by atoms with Crippen molar-refractivity contribution in [3.05, 3.63) is 10.1 Å². The zero-order valence-electron chi connectivity index (χ0n) is 18.4. The lowest BCUT2D eigenvalue weighted by Crippen LogP contribution is -2.59. The molecule has 0 bridgehead atoms. The molecule has 0 saturated carbocycles. The summed E-state index contributed by atoms with van der Waals surface area (Å²) in [6.07, 6.45) is -9.00. The van der Waals surface area contributed by atoms with Crippen LogP contribution in [0.4, 0.5) is 4.79 Å². The maximum Gasteiger partial charge on any atom is 0.408 e. The third-order valence-corrected chi connectivity index (χ3v) is 4.22. The van der Waals surface area contributed by atoms with Gasteiger partial charge in [-0.25, -0.2) is 19.7 Å². The van der Waals surface area contributed by atoms with Crippen molar-refractivity contribution in [1.29, 1.82) is 0 Å². The standard InChI is InChI=1S/C17H31N5O11/c1-17(2,3)33-16(28)20-8(5-4-6-19-15(18)21-22(29)30)13(26)31-7-9-10(23)11(24)12(25)14(27)32-9/h8-12,14,23-25,27H,4-7H2,1-3H3,(H,20,28)(H3,18,19,21)/t8-,9+,10+,11-,12-,14+/m1/s1. The first-order valence-electron chi connectivity index (χ1n) is 9.97. The number of guanidine groups is 1. The summed E-state index contributed by atoms with van der Waals surface area (Å²) in [4.78, 5) is 34.9. The molecule has 0 aliphatic carbocycles. The number of hydrogen-bond donors (Lipinski definition) is 7. The molecule has 1 saturated heterocycles. The number of alkyl carbamates (subject to hydrolysis) is 1. The van der Waals surface area contributed by atoms with Crippen molar-refractivity contribution < 1.29 is 49.3 Å². The van der Waals surface area contributed by atoms with Crippen molar-refractivity contribution in [3.63, 3.8) is 0 Å². The van der Waals surface area contributed by atoms with Crippen LogP contribution in [0.15, 0.2) is 5.10 Å². The van der Waals surface area contributed by atoms with Gasteiger partial charge in [0, 0.05) is 6.54 Å². The summed E-state index contributed by atoms with van der Waals surface area (Å²) in [6.45, 7) is 4.33. The normalized spacial score (nSPS) is 26.8. The maximum atomic E-state index is 12.5. The molecule has 8 N–H and O–H groups in total. The van der Waals surface area contributed by atoms with Gasteiger partial charge in [-0.1, -0.05) is 0 Å². The fourth-order valence-corrected chi connectivity index (χ4v) is 2.68. The van der Waals surface area contributed by atoms with Gasteiger partial charge in [0.25, 0.3) is 5.96 Å². The average molecular weight is 481 g/mol. The van der Waals surface area contributed by atoms with Crippen LogP contribution in [0.5, 0.6) is 0 Å². The number of carbonyl (C=O) groups is 2. The number of hydrazone groups is 1. The second-order valence-corrected chi connectivity index (χ2v) is 8.16. The quantitative estimate of drug-likeness (QED) is 0.0436. The van der Waals surface area contributed by atoms with E-state index in [1.807, 2.05) is 0 Å². The fourth-order valence-electron chi connectivity index (χ4n) is 2.68. The predicted molar refractivity (Wildman–Crippen MR) is 109 cm³/mol. The molecule has 1 fully saturated rings. The molecule has 190 valence electrons. The molecule has 0 aromatic heterocycles. The first-order chi connectivity index (χ1) is 15.2. The molecule has 6 atom stereocenters. The molecule has 16 nitrogen and oxygen atoms in total. The summed E-state index contributed by atoms with van der Waals surface area (Å²) >= 11 is 0. The molecular formula is C17H31N5O11. The van der Waals surface area contributed by atoms with Crippen LogP contribution in [-0.4, -0.2) is 99.0 Å². The zero-order chi connectivity index (χ0) is 25.3. The van der Waals surface area contributed by atoms with Crippen molar-refractivity contribution in [2.24, 2.45) is 10.8 Å². The summed E-state index contributed by atoms with van der Waals surface area (Å²) < 4.78 is 15.1. The molecule has 1 heterocycles. The highest BCUT2D eigenvalue weighted by Gasteiger charge is 2.43. The second-order valence-electron chi connectivity index (χ2n) is 8.16. The van der Waals surface area contributed by atoms with Gasteiger partial charge in [-0.3, -0.25) is 0 Å². The van der Waals surface area contributed by atoms with Gasteiger partial charge in [-0.2, -0.15) is 0 Å². The highest BCUT2D eigenvalue weighted by molar-refractivity contribution is 5.81. The third kappa shape index (κ3) is 10.1. The Kier molecular flexibility index (Phi) is 10.7. The Labute approximate surface area is 188 Å². The summed E-state index contributed by atoms with van der Waals surface area (Å²) in [7, 11) is 0. The number of esters is 1. The van der Waals surface area contributed by atoms with Gasteiger partial charge in [0.05, 0.1) is 0 Å². The van der Waals surface area contributed by atoms with E-state index >= 15 is 0 Å². The van der Waals surface area contributed by atoms with Gasteiger partial charge < -0.3 is 51.0 Å². The SMILES string of the molecule is CC(C)(C)OC(=O)N[C@H](CCCN/C(N)=N/[N+](=O)[O-])C(=O)OC[C@@H]1O[C@H](O)[C@H](O)[C@H](O)[C@H]1O. The van der Waals surface area contributed by atoms with Crippen molar-refractivity contribution >= 4 is 18.0 Å². The summed E-state index contributed by atoms with van der Waals surface area (Å²) in [5.41, 5.74) is 4.45. The summed E-state index contributed by atoms with van der Waals surface area (Å²) in [5.74, 6) is -1.39. The monoisotopic (exact) mass is 481 g/mol. The topological polar surface area (TPSA) is 248 Å². The molecule has 0 radical (unpaired) electrons. The van der Waals surface area contributed by atoms with Crippen LogP contribution >= 0.6 is 0 Å². The highest BCUT2D eigenvalue weighted by Crippen LogP contribution is 2.20. The Bertz CT molecular complexity index is 714. The molecule has 1 rings (SSSR count). The molecule has 0 spiro atoms. The number of aliphatic hydroxyl groups excluding tert-OH is 4. The lowest BCUT2D eigenvalue weighted by atomic mass is 9.99. The number of nitrogens with zero attached hydrogens (tertiary/aromatic N) is 2. The van der Waals surface area contributed by atoms with Gasteiger partial charge in [0.1, 0.15) is 47.8 Å². The van der Waals surface area contributed by atoms with Gasteiger partial charge in [-0.05, 0) is 33.6 Å². The molecule has 1 aliphatic heterocycles. The molecule has 1 aliphatic rings. The third-order valence-electron chi connectivity index (χ3n) is 4.22. The Morgan fingerprint density at radius 3 is 2.42 bits per heavy atom. The first-order valence-corrected chi connectivity index (χ1v) is 9.97. The molecule has 33 heavy (non-hydrogen) atoms. The number of rotatable bonds is 9. The average Bonchev–Trinajstić information content (AvgIpc) is 2.68. The van der Waals surface area contributed by atoms with E-state index in [0.717, 1.165) is 0 Å². The van der Waals surface area contributed by atoms with Crippen LogP contribution in [0.3, 0.4) is 0 Å². The summed E-state index contributed by atoms with van der Waals surface area (Å²) in [6, 6.07) is -1.23. The maximum absolute atomic E-state index is 12.5. The Balaban J connectivity index is 2.71. The van der Waals surface area contributed by atoms with Crippen molar-refractivity contribution in [2.75, 3.05) is 13.2 Å². The van der Waals surface area contributed by atoms with E-state index in [-0.39, 0.29) is 19.4 Å². The largest absolute Gasteiger partial charge is 0.461 e. The molecule has 0 aromatic rings. The lowest BCUT2D eigenvalue weighted by Gasteiger charge is -2.38. The van der Waals surface area contributed by atoms with Crippen molar-refractivity contribution in [3.8, 4) is 0 Å². The zero-order valence-corrected chi connectivity index (χ0v) is 18.4. The van der Waals surface area contributed by atoms with Gasteiger partial charge in [0.2, 0.25) is 0 Å². The number of nitrogens with one attached hydrogen (secondary N) is 2. The van der Waals surface area contributed by atoms with E-state index in [4.69, 9.17) is 19.9 Å². The molecule has 0 unspecified atom stereocenters. The van der Waals surface area contributed by atoms with E-state index in [1.165, 1.54) is 0 Å². The van der Waals surface area contributed by atoms with Crippen LogP contribution < -0.4 is 16.4 Å². The number of ether oxygens (including phenoxy) is 3. The predicted octanol–water partition coefficient (Wildman–Crippen LogP) is -2.90. The molecule has 0 aromatic carbocycles. The lowest BCUT2D eigenvalue weighted by molar-refractivity contribution is -0.485. The smallest absolute Gasteiger partial charge is 0.408 e. The van der Waals surface area contributed by atoms with Crippen LogP contribution in [0.2, 0.25) is 0 Å². The van der Waals surface area contributed by atoms with Crippen LogP contribution in [-0.2, 0) is 19.0 Å². The van der Waals surface area contributed by atoms with Crippen LogP contribution in [0, 0.1) is 10.1 Å². The van der Waals surface area contributed by atoms with E-state index in [1.54, 1.807) is 20.8 Å². The van der Waals surface area contributed by atoms with E-state index in [9.17, 15) is 40.1 Å². The highest BCUT2D eigenvalue weighted by atomic mass is 16.7. The number of nitro groups is 1. The Hall–Kier alpha value is -2.79. The van der Waals surface area contributed by atoms with E-state index in [0.29, 0.717) is 0 Å². The summed E-state index contributed by atoms with van der Waals surface area (Å²) in [5, 5.41) is 55.6. The number of hydrogen-bond acceptors (Lipinski definition) is 11. The van der Waals surface area contributed by atoms with Crippen LogP contribution in [0.1, 0.15) is 33.6 Å². The van der Waals surface area contributed by atoms with Crippen LogP contribution in [0.25, 0.3) is 0 Å². The first kappa shape index (κ1) is 28.2. The van der Waals surface area contributed by atoms with Gasteiger partial charge in [0.15, 0.2) is 11.3 Å². The number of carbonyl (C=O) groups excluding carboxylic acids is 2. The second kappa shape index (κ2) is 12.4. The minimum atomic E-state index is -1.81. The number of aliphatic hydroxyl groups is 4. The van der Waals surface area contributed by atoms with Gasteiger partial charge >= 0.3 is 12.1 Å². The molecule has 16 heteroatoms. The molecular weight excluding hydrogens is 450 g/mol. The minimum Gasteiger partial charge on any atom is -0.461 e. The number of nitrogens with two attached hydrogens (primary N) is 1. The fraction of sp³-hybridized carbons (Fsp3) is 0.824.